The molecule has 0 spiro atoms. The minimum absolute atomic E-state index is 0.0968. The van der Waals surface area contributed by atoms with Gasteiger partial charge in [-0.3, -0.25) is 0 Å². The zero-order chi connectivity index (χ0) is 15.9. The van der Waals surface area contributed by atoms with Gasteiger partial charge in [-0.2, -0.15) is 5.26 Å². The molecule has 0 aliphatic rings. The summed E-state index contributed by atoms with van der Waals surface area (Å²) in [7, 11) is 0. The first-order chi connectivity index (χ1) is 9.84. The number of rotatable bonds is 7. The van der Waals surface area contributed by atoms with Gasteiger partial charge in [0.25, 0.3) is 0 Å². The lowest BCUT2D eigenvalue weighted by Crippen LogP contribution is -2.35. The summed E-state index contributed by atoms with van der Waals surface area (Å²) in [6, 6.07) is 9.80. The molecule has 116 valence electrons. The summed E-state index contributed by atoms with van der Waals surface area (Å²) in [5.41, 5.74) is 1.31. The lowest BCUT2D eigenvalue weighted by atomic mass is 9.88. The fraction of sp³-hybridized carbons (Fsp3) is 0.588. The summed E-state index contributed by atoms with van der Waals surface area (Å²) >= 11 is 0. The second-order valence-corrected chi connectivity index (χ2v) is 6.56. The Morgan fingerprint density at radius 3 is 2.38 bits per heavy atom. The SMILES string of the molecule is CC(C#N)Oc1ccc(CNC(CO)CC(C)(C)C)cc1. The molecule has 0 bridgehead atoms. The van der Waals surface area contributed by atoms with E-state index in [4.69, 9.17) is 10.00 Å². The van der Waals surface area contributed by atoms with Gasteiger partial charge in [0, 0.05) is 12.6 Å². The molecule has 21 heavy (non-hydrogen) atoms. The fourth-order valence-corrected chi connectivity index (χ4v) is 2.12. The molecule has 0 saturated carbocycles. The van der Waals surface area contributed by atoms with Crippen molar-refractivity contribution >= 4 is 0 Å². The van der Waals surface area contributed by atoms with E-state index in [1.807, 2.05) is 30.3 Å². The quantitative estimate of drug-likeness (QED) is 0.810. The molecule has 2 unspecified atom stereocenters. The molecule has 0 aliphatic carbocycles. The van der Waals surface area contributed by atoms with Crippen LogP contribution in [0.1, 0.15) is 39.7 Å². The lowest BCUT2D eigenvalue weighted by molar-refractivity contribution is 0.198. The van der Waals surface area contributed by atoms with Gasteiger partial charge in [0.15, 0.2) is 6.10 Å². The largest absolute Gasteiger partial charge is 0.476 e. The average Bonchev–Trinajstić information content (AvgIpc) is 2.43. The molecule has 2 N–H and O–H groups in total. The van der Waals surface area contributed by atoms with Gasteiger partial charge in [-0.25, -0.2) is 0 Å². The Bertz CT molecular complexity index is 457. The van der Waals surface area contributed by atoms with E-state index in [1.54, 1.807) is 6.92 Å². The van der Waals surface area contributed by atoms with Crippen molar-refractivity contribution in [1.82, 2.24) is 5.32 Å². The van der Waals surface area contributed by atoms with Gasteiger partial charge in [-0.1, -0.05) is 32.9 Å². The molecule has 0 heterocycles. The molecule has 2 atom stereocenters. The van der Waals surface area contributed by atoms with E-state index in [2.05, 4.69) is 26.1 Å². The third kappa shape index (κ3) is 7.12. The molecule has 4 heteroatoms. The molecule has 1 rings (SSSR count). The minimum Gasteiger partial charge on any atom is -0.476 e. The van der Waals surface area contributed by atoms with E-state index < -0.39 is 6.10 Å². The Morgan fingerprint density at radius 2 is 1.90 bits per heavy atom. The van der Waals surface area contributed by atoms with Crippen molar-refractivity contribution in [2.75, 3.05) is 6.61 Å². The minimum atomic E-state index is -0.445. The molecule has 1 aromatic carbocycles. The highest BCUT2D eigenvalue weighted by molar-refractivity contribution is 5.27. The van der Waals surface area contributed by atoms with Gasteiger partial charge in [-0.15, -0.1) is 0 Å². The van der Waals surface area contributed by atoms with Crippen LogP contribution < -0.4 is 10.1 Å². The topological polar surface area (TPSA) is 65.3 Å². The predicted molar refractivity (Wildman–Crippen MR) is 83.9 cm³/mol. The van der Waals surface area contributed by atoms with Crippen LogP contribution in [0.3, 0.4) is 0 Å². The van der Waals surface area contributed by atoms with Crippen LogP contribution >= 0.6 is 0 Å². The molecule has 0 radical (unpaired) electrons. The Balaban J connectivity index is 2.50. The number of aliphatic hydroxyl groups is 1. The zero-order valence-corrected chi connectivity index (χ0v) is 13.4. The second kappa shape index (κ2) is 8.02. The van der Waals surface area contributed by atoms with Crippen molar-refractivity contribution in [2.24, 2.45) is 5.41 Å². The maximum Gasteiger partial charge on any atom is 0.181 e. The number of hydrogen-bond acceptors (Lipinski definition) is 4. The molecule has 0 fully saturated rings. The highest BCUT2D eigenvalue weighted by Gasteiger charge is 2.17. The number of ether oxygens (including phenoxy) is 1. The van der Waals surface area contributed by atoms with Gasteiger partial charge in [0.05, 0.1) is 6.61 Å². The van der Waals surface area contributed by atoms with Crippen LogP contribution in [-0.2, 0) is 6.54 Å². The number of nitriles is 1. The molecule has 0 amide bonds. The van der Waals surface area contributed by atoms with Crippen LogP contribution in [0.2, 0.25) is 0 Å². The molecule has 0 aliphatic heterocycles. The van der Waals surface area contributed by atoms with Gasteiger partial charge >= 0.3 is 0 Å². The van der Waals surface area contributed by atoms with Crippen molar-refractivity contribution in [3.8, 4) is 11.8 Å². The summed E-state index contributed by atoms with van der Waals surface area (Å²) < 4.78 is 5.41. The highest BCUT2D eigenvalue weighted by atomic mass is 16.5. The van der Waals surface area contributed by atoms with E-state index in [9.17, 15) is 5.11 Å². The average molecular weight is 290 g/mol. The Labute approximate surface area is 127 Å². The number of nitrogens with one attached hydrogen (secondary N) is 1. The highest BCUT2D eigenvalue weighted by Crippen LogP contribution is 2.21. The van der Waals surface area contributed by atoms with Crippen LogP contribution in [0.25, 0.3) is 0 Å². The molecular formula is C17H26N2O2. The molecular weight excluding hydrogens is 264 g/mol. The lowest BCUT2D eigenvalue weighted by Gasteiger charge is -2.25. The Kier molecular flexibility index (Phi) is 6.67. The smallest absolute Gasteiger partial charge is 0.181 e. The Morgan fingerprint density at radius 1 is 1.29 bits per heavy atom. The normalized spacial score (nSPS) is 14.3. The molecule has 4 nitrogen and oxygen atoms in total. The number of hydrogen-bond donors (Lipinski definition) is 2. The van der Waals surface area contributed by atoms with E-state index in [1.165, 1.54) is 0 Å². The van der Waals surface area contributed by atoms with Gasteiger partial charge in [0.2, 0.25) is 0 Å². The first kappa shape index (κ1) is 17.5. The number of aliphatic hydroxyl groups excluding tert-OH is 1. The second-order valence-electron chi connectivity index (χ2n) is 6.56. The van der Waals surface area contributed by atoms with E-state index >= 15 is 0 Å². The first-order valence-electron chi connectivity index (χ1n) is 7.33. The summed E-state index contributed by atoms with van der Waals surface area (Å²) in [4.78, 5) is 0. The van der Waals surface area contributed by atoms with Crippen molar-refractivity contribution in [3.05, 3.63) is 29.8 Å². The molecule has 1 aromatic rings. The van der Waals surface area contributed by atoms with Crippen LogP contribution in [0, 0.1) is 16.7 Å². The standard InChI is InChI=1S/C17H26N2O2/c1-13(10-18)21-16-7-5-14(6-8-16)11-19-15(12-20)9-17(2,3)4/h5-8,13,15,19-20H,9,11-12H2,1-4H3. The third-order valence-corrected chi connectivity index (χ3v) is 3.09. The summed E-state index contributed by atoms with van der Waals surface area (Å²) in [5.74, 6) is 0.696. The molecule has 0 aromatic heterocycles. The summed E-state index contributed by atoms with van der Waals surface area (Å²) in [6.45, 7) is 9.06. The number of benzene rings is 1. The first-order valence-corrected chi connectivity index (χ1v) is 7.33. The fourth-order valence-electron chi connectivity index (χ4n) is 2.12. The van der Waals surface area contributed by atoms with E-state index in [0.29, 0.717) is 12.3 Å². The molecule has 0 saturated heterocycles. The van der Waals surface area contributed by atoms with E-state index in [-0.39, 0.29) is 18.1 Å². The zero-order valence-electron chi connectivity index (χ0n) is 13.4. The maximum atomic E-state index is 9.42. The van der Waals surface area contributed by atoms with Gasteiger partial charge in [0.1, 0.15) is 11.8 Å². The monoisotopic (exact) mass is 290 g/mol. The van der Waals surface area contributed by atoms with Crippen molar-refractivity contribution in [1.29, 1.82) is 5.26 Å². The van der Waals surface area contributed by atoms with Crippen LogP contribution in [0.15, 0.2) is 24.3 Å². The van der Waals surface area contributed by atoms with Crippen molar-refractivity contribution in [2.45, 2.75) is 52.8 Å². The Hall–Kier alpha value is -1.57. The van der Waals surface area contributed by atoms with E-state index in [0.717, 1.165) is 12.0 Å². The van der Waals surface area contributed by atoms with Crippen molar-refractivity contribution in [3.63, 3.8) is 0 Å². The number of nitrogens with zero attached hydrogens (tertiary/aromatic N) is 1. The predicted octanol–water partition coefficient (Wildman–Crippen LogP) is 2.86. The van der Waals surface area contributed by atoms with Crippen molar-refractivity contribution < 1.29 is 9.84 Å². The van der Waals surface area contributed by atoms with Gasteiger partial charge in [-0.05, 0) is 36.5 Å². The third-order valence-electron chi connectivity index (χ3n) is 3.09. The van der Waals surface area contributed by atoms with Crippen LogP contribution in [0.5, 0.6) is 5.75 Å². The maximum absolute atomic E-state index is 9.42. The van der Waals surface area contributed by atoms with Gasteiger partial charge < -0.3 is 15.2 Å². The van der Waals surface area contributed by atoms with Crippen LogP contribution in [-0.4, -0.2) is 23.9 Å². The summed E-state index contributed by atoms with van der Waals surface area (Å²) in [5, 5.41) is 21.5. The van der Waals surface area contributed by atoms with Crippen LogP contribution in [0.4, 0.5) is 0 Å². The summed E-state index contributed by atoms with van der Waals surface area (Å²) in [6.07, 6.45) is 0.476.